The van der Waals surface area contributed by atoms with E-state index in [9.17, 15) is 0 Å². The summed E-state index contributed by atoms with van der Waals surface area (Å²) in [6.45, 7) is 0. The first-order valence-electron chi connectivity index (χ1n) is 7.31. The van der Waals surface area contributed by atoms with E-state index in [1.54, 1.807) is 0 Å². The van der Waals surface area contributed by atoms with E-state index in [1.165, 1.54) is 16.7 Å². The maximum Gasteiger partial charge on any atom is 0.0502 e. The van der Waals surface area contributed by atoms with Gasteiger partial charge in [-0.05, 0) is 42.3 Å². The maximum atomic E-state index is 6.44. The number of rotatable bonds is 2. The van der Waals surface area contributed by atoms with Crippen molar-refractivity contribution in [2.75, 3.05) is 7.05 Å². The number of aromatic amines is 1. The molecule has 2 aromatic carbocycles. The van der Waals surface area contributed by atoms with Crippen molar-refractivity contribution in [1.29, 1.82) is 0 Å². The number of hydrogen-bond donors (Lipinski definition) is 2. The highest BCUT2D eigenvalue weighted by atomic mass is 35.5. The Labute approximate surface area is 129 Å². The Bertz CT molecular complexity index is 806. The van der Waals surface area contributed by atoms with Crippen molar-refractivity contribution < 1.29 is 0 Å². The third-order valence-electron chi connectivity index (χ3n) is 4.63. The molecule has 4 rings (SSSR count). The van der Waals surface area contributed by atoms with Crippen LogP contribution in [0.25, 0.3) is 10.9 Å². The van der Waals surface area contributed by atoms with Crippen molar-refractivity contribution in [2.24, 2.45) is 0 Å². The third kappa shape index (κ3) is 1.90. The number of aromatic nitrogens is 1. The van der Waals surface area contributed by atoms with Crippen molar-refractivity contribution in [2.45, 2.75) is 18.4 Å². The molecule has 2 nitrogen and oxygen atoms in total. The van der Waals surface area contributed by atoms with Crippen LogP contribution < -0.4 is 5.32 Å². The third-order valence-corrected chi connectivity index (χ3v) is 4.94. The smallest absolute Gasteiger partial charge is 0.0502 e. The van der Waals surface area contributed by atoms with Crippen LogP contribution in [0.5, 0.6) is 0 Å². The van der Waals surface area contributed by atoms with Gasteiger partial charge in [-0.15, -0.1) is 0 Å². The van der Waals surface area contributed by atoms with Crippen LogP contribution in [0.4, 0.5) is 0 Å². The first kappa shape index (κ1) is 12.9. The molecule has 0 unspecified atom stereocenters. The molecular weight excluding hydrogens is 280 g/mol. The lowest BCUT2D eigenvalue weighted by Crippen LogP contribution is -2.13. The molecule has 3 heteroatoms. The normalized spacial score (nSPS) is 20.9. The molecular formula is C18H17ClN2. The highest BCUT2D eigenvalue weighted by Gasteiger charge is 2.32. The Hall–Kier alpha value is -1.77. The van der Waals surface area contributed by atoms with Gasteiger partial charge in [-0.25, -0.2) is 0 Å². The van der Waals surface area contributed by atoms with Crippen LogP contribution in [0.2, 0.25) is 5.02 Å². The van der Waals surface area contributed by atoms with Gasteiger partial charge in [-0.2, -0.15) is 0 Å². The van der Waals surface area contributed by atoms with Crippen molar-refractivity contribution in [1.82, 2.24) is 10.3 Å². The van der Waals surface area contributed by atoms with E-state index in [0.717, 1.165) is 22.3 Å². The zero-order valence-electron chi connectivity index (χ0n) is 11.9. The standard InChI is InChI=1S/C18H17ClN2/c1-20-17-9-13(11-5-2-3-6-12(11)17)14-10-21-16-8-4-7-15(19)18(14)16/h2-8,10,13,17,20-21H,9H2,1H3/t13-,17+/m0/s1. The van der Waals surface area contributed by atoms with E-state index >= 15 is 0 Å². The lowest BCUT2D eigenvalue weighted by Gasteiger charge is -2.12. The molecule has 1 heterocycles. The van der Waals surface area contributed by atoms with E-state index in [-0.39, 0.29) is 0 Å². The van der Waals surface area contributed by atoms with Crippen LogP contribution in [0.15, 0.2) is 48.7 Å². The fraction of sp³-hybridized carbons (Fsp3) is 0.222. The lowest BCUT2D eigenvalue weighted by molar-refractivity contribution is 0.566. The van der Waals surface area contributed by atoms with Gasteiger partial charge in [0.25, 0.3) is 0 Å². The molecule has 0 aliphatic heterocycles. The largest absolute Gasteiger partial charge is 0.361 e. The molecule has 3 aromatic rings. The van der Waals surface area contributed by atoms with Crippen molar-refractivity contribution in [3.8, 4) is 0 Å². The van der Waals surface area contributed by atoms with Crippen molar-refractivity contribution in [3.63, 3.8) is 0 Å². The summed E-state index contributed by atoms with van der Waals surface area (Å²) >= 11 is 6.44. The van der Waals surface area contributed by atoms with Gasteiger partial charge in [0.2, 0.25) is 0 Å². The van der Waals surface area contributed by atoms with Gasteiger partial charge < -0.3 is 10.3 Å². The fourth-order valence-corrected chi connectivity index (χ4v) is 3.93. The topological polar surface area (TPSA) is 27.8 Å². The summed E-state index contributed by atoms with van der Waals surface area (Å²) in [6.07, 6.45) is 3.20. The molecule has 1 aromatic heterocycles. The summed E-state index contributed by atoms with van der Waals surface area (Å²) in [5.41, 5.74) is 5.24. The molecule has 0 radical (unpaired) electrons. The van der Waals surface area contributed by atoms with Crippen molar-refractivity contribution >= 4 is 22.5 Å². The molecule has 0 amide bonds. The first-order chi connectivity index (χ1) is 10.3. The van der Waals surface area contributed by atoms with Crippen LogP contribution in [-0.4, -0.2) is 12.0 Å². The molecule has 1 aliphatic rings. The van der Waals surface area contributed by atoms with Crippen molar-refractivity contribution in [3.05, 3.63) is 70.4 Å². The van der Waals surface area contributed by atoms with Gasteiger partial charge in [0.15, 0.2) is 0 Å². The molecule has 21 heavy (non-hydrogen) atoms. The van der Waals surface area contributed by atoms with Gasteiger partial charge >= 0.3 is 0 Å². The van der Waals surface area contributed by atoms with Gasteiger partial charge in [-0.1, -0.05) is 41.9 Å². The zero-order chi connectivity index (χ0) is 14.4. The monoisotopic (exact) mass is 296 g/mol. The molecule has 2 atom stereocenters. The van der Waals surface area contributed by atoms with Gasteiger partial charge in [0.1, 0.15) is 0 Å². The maximum absolute atomic E-state index is 6.44. The minimum Gasteiger partial charge on any atom is -0.361 e. The summed E-state index contributed by atoms with van der Waals surface area (Å²) in [6, 6.07) is 15.2. The van der Waals surface area contributed by atoms with Gasteiger partial charge in [0, 0.05) is 29.1 Å². The highest BCUT2D eigenvalue weighted by Crippen LogP contribution is 2.46. The molecule has 0 saturated heterocycles. The van der Waals surface area contributed by atoms with Crippen LogP contribution in [0.1, 0.15) is 35.1 Å². The average Bonchev–Trinajstić information content (AvgIpc) is 3.09. The number of hydrogen-bond acceptors (Lipinski definition) is 1. The number of halogens is 1. The Morgan fingerprint density at radius 2 is 1.86 bits per heavy atom. The number of nitrogens with one attached hydrogen (secondary N) is 2. The minimum absolute atomic E-state index is 0.396. The summed E-state index contributed by atoms with van der Waals surface area (Å²) < 4.78 is 0. The quantitative estimate of drug-likeness (QED) is 0.710. The molecule has 0 bridgehead atoms. The van der Waals surface area contributed by atoms with Crippen LogP contribution >= 0.6 is 11.6 Å². The first-order valence-corrected chi connectivity index (χ1v) is 7.69. The lowest BCUT2D eigenvalue weighted by atomic mass is 9.92. The Balaban J connectivity index is 1.91. The number of benzene rings is 2. The Kier molecular flexibility index (Phi) is 3.02. The number of H-pyrrole nitrogens is 1. The zero-order valence-corrected chi connectivity index (χ0v) is 12.6. The molecule has 0 saturated carbocycles. The van der Waals surface area contributed by atoms with E-state index < -0.39 is 0 Å². The predicted molar refractivity (Wildman–Crippen MR) is 88.0 cm³/mol. The molecule has 1 aliphatic carbocycles. The Morgan fingerprint density at radius 1 is 1.05 bits per heavy atom. The van der Waals surface area contributed by atoms with Crippen LogP contribution in [0.3, 0.4) is 0 Å². The highest BCUT2D eigenvalue weighted by molar-refractivity contribution is 6.35. The number of fused-ring (bicyclic) bond motifs is 2. The summed E-state index contributed by atoms with van der Waals surface area (Å²) in [7, 11) is 2.03. The summed E-state index contributed by atoms with van der Waals surface area (Å²) in [5, 5.41) is 5.42. The molecule has 0 fully saturated rings. The second-order valence-electron chi connectivity index (χ2n) is 5.66. The SMILES string of the molecule is CN[C@@H]1C[C@H](c2c[nH]c3cccc(Cl)c23)c2ccccc21. The van der Waals surface area contributed by atoms with Gasteiger partial charge in [-0.3, -0.25) is 0 Å². The second kappa shape index (κ2) is 4.90. The molecule has 0 spiro atoms. The van der Waals surface area contributed by atoms with E-state index in [2.05, 4.69) is 46.8 Å². The van der Waals surface area contributed by atoms with Crippen LogP contribution in [-0.2, 0) is 0 Å². The summed E-state index contributed by atoms with van der Waals surface area (Å²) in [5.74, 6) is 0.396. The van der Waals surface area contributed by atoms with E-state index in [0.29, 0.717) is 12.0 Å². The van der Waals surface area contributed by atoms with E-state index in [1.807, 2.05) is 19.2 Å². The minimum atomic E-state index is 0.396. The second-order valence-corrected chi connectivity index (χ2v) is 6.07. The Morgan fingerprint density at radius 3 is 2.67 bits per heavy atom. The fourth-order valence-electron chi connectivity index (χ4n) is 3.64. The molecule has 2 N–H and O–H groups in total. The van der Waals surface area contributed by atoms with E-state index in [4.69, 9.17) is 11.6 Å². The summed E-state index contributed by atoms with van der Waals surface area (Å²) in [4.78, 5) is 3.36. The van der Waals surface area contributed by atoms with Gasteiger partial charge in [0.05, 0.1) is 5.02 Å². The predicted octanol–water partition coefficient (Wildman–Crippen LogP) is 4.62. The van der Waals surface area contributed by atoms with Crippen LogP contribution in [0, 0.1) is 0 Å². The average molecular weight is 297 g/mol. The molecule has 106 valence electrons.